The van der Waals surface area contributed by atoms with Crippen molar-refractivity contribution < 1.29 is 17.9 Å². The van der Waals surface area contributed by atoms with Crippen LogP contribution in [0.25, 0.3) is 0 Å². The van der Waals surface area contributed by atoms with Gasteiger partial charge in [-0.15, -0.1) is 0 Å². The summed E-state index contributed by atoms with van der Waals surface area (Å²) in [7, 11) is -3.84. The van der Waals surface area contributed by atoms with Gasteiger partial charge in [-0.2, -0.15) is 0 Å². The zero-order valence-corrected chi connectivity index (χ0v) is 11.6. The molecule has 0 bridgehead atoms. The summed E-state index contributed by atoms with van der Waals surface area (Å²) in [5, 5.41) is 8.55. The van der Waals surface area contributed by atoms with Crippen LogP contribution < -0.4 is 4.72 Å². The highest BCUT2D eigenvalue weighted by Crippen LogP contribution is 2.14. The van der Waals surface area contributed by atoms with Gasteiger partial charge in [0.1, 0.15) is 18.2 Å². The Labute approximate surface area is 121 Å². The number of aliphatic hydroxyl groups excluding tert-OH is 1. The van der Waals surface area contributed by atoms with Crippen molar-refractivity contribution in [3.05, 3.63) is 47.8 Å². The molecule has 1 aromatic carbocycles. The molecule has 0 fully saturated rings. The molecule has 3 N–H and O–H groups in total. The molecule has 6 nitrogen and oxygen atoms in total. The number of rotatable bonds is 4. The zero-order valence-electron chi connectivity index (χ0n) is 10.8. The average Bonchev–Trinajstić information content (AvgIpc) is 2.97. The lowest BCUT2D eigenvalue weighted by atomic mass is 10.2. The molecular formula is C13H12FN3O3S. The fourth-order valence-electron chi connectivity index (χ4n) is 1.54. The van der Waals surface area contributed by atoms with E-state index in [4.69, 9.17) is 5.11 Å². The smallest absolute Gasteiger partial charge is 0.241 e. The van der Waals surface area contributed by atoms with Gasteiger partial charge in [0.2, 0.25) is 10.0 Å². The summed E-state index contributed by atoms with van der Waals surface area (Å²) in [5.41, 5.74) is 0.0223. The Hall–Kier alpha value is -2.21. The van der Waals surface area contributed by atoms with Gasteiger partial charge in [-0.3, -0.25) is 0 Å². The minimum atomic E-state index is -3.84. The number of sulfonamides is 1. The third-order valence-corrected chi connectivity index (χ3v) is 3.94. The van der Waals surface area contributed by atoms with Crippen LogP contribution in [-0.2, 0) is 16.6 Å². The largest absolute Gasteiger partial charge is 0.384 e. The van der Waals surface area contributed by atoms with E-state index in [1.54, 1.807) is 6.20 Å². The molecule has 110 valence electrons. The summed E-state index contributed by atoms with van der Waals surface area (Å²) in [6.07, 6.45) is 3.07. The number of hydrogen-bond acceptors (Lipinski definition) is 4. The number of halogens is 1. The molecule has 0 spiro atoms. The maximum atomic E-state index is 13.7. The van der Waals surface area contributed by atoms with Gasteiger partial charge in [0.25, 0.3) is 0 Å². The summed E-state index contributed by atoms with van der Waals surface area (Å²) in [4.78, 5) is 6.42. The summed E-state index contributed by atoms with van der Waals surface area (Å²) < 4.78 is 40.0. The first-order valence-corrected chi connectivity index (χ1v) is 7.38. The van der Waals surface area contributed by atoms with Crippen LogP contribution in [0.4, 0.5) is 4.39 Å². The number of imidazole rings is 1. The fraction of sp³-hybridized carbons (Fsp3) is 0.154. The molecule has 1 aromatic heterocycles. The number of aromatic nitrogens is 2. The van der Waals surface area contributed by atoms with E-state index >= 15 is 0 Å². The summed E-state index contributed by atoms with van der Waals surface area (Å²) in [6, 6.07) is 3.38. The van der Waals surface area contributed by atoms with Crippen molar-refractivity contribution in [2.75, 3.05) is 6.61 Å². The second-order valence-electron chi connectivity index (χ2n) is 3.96. The zero-order chi connectivity index (χ0) is 15.3. The molecule has 0 aliphatic rings. The number of H-pyrrole nitrogens is 1. The highest BCUT2D eigenvalue weighted by atomic mass is 32.2. The van der Waals surface area contributed by atoms with Crippen LogP contribution >= 0.6 is 0 Å². The highest BCUT2D eigenvalue weighted by molar-refractivity contribution is 7.89. The molecule has 8 heteroatoms. The number of hydrogen-bond donors (Lipinski definition) is 3. The van der Waals surface area contributed by atoms with E-state index in [1.165, 1.54) is 18.3 Å². The van der Waals surface area contributed by atoms with Crippen LogP contribution in [0.5, 0.6) is 0 Å². The van der Waals surface area contributed by atoms with Gasteiger partial charge >= 0.3 is 0 Å². The Bertz CT molecular complexity index is 777. The maximum absolute atomic E-state index is 13.7. The first kappa shape index (κ1) is 15.2. The van der Waals surface area contributed by atoms with Crippen molar-refractivity contribution in [2.45, 2.75) is 11.4 Å². The van der Waals surface area contributed by atoms with Gasteiger partial charge in [-0.05, 0) is 18.2 Å². The Balaban J connectivity index is 2.18. The lowest BCUT2D eigenvalue weighted by Crippen LogP contribution is -2.24. The predicted octanol–water partition coefficient (Wildman–Crippen LogP) is 0.371. The molecule has 0 saturated heterocycles. The van der Waals surface area contributed by atoms with Gasteiger partial charge in [0, 0.05) is 12.4 Å². The number of aromatic amines is 1. The van der Waals surface area contributed by atoms with Crippen LogP contribution in [-0.4, -0.2) is 30.1 Å². The summed E-state index contributed by atoms with van der Waals surface area (Å²) in [5.74, 6) is 4.37. The van der Waals surface area contributed by atoms with Gasteiger partial charge in [0.05, 0.1) is 17.0 Å². The van der Waals surface area contributed by atoms with Gasteiger partial charge in [-0.1, -0.05) is 11.8 Å². The second kappa shape index (κ2) is 6.49. The van der Waals surface area contributed by atoms with Gasteiger partial charge in [0.15, 0.2) is 0 Å². The molecule has 2 aromatic rings. The van der Waals surface area contributed by atoms with E-state index in [-0.39, 0.29) is 17.0 Å². The average molecular weight is 309 g/mol. The first-order valence-electron chi connectivity index (χ1n) is 5.90. The van der Waals surface area contributed by atoms with Crippen LogP contribution in [0.1, 0.15) is 11.4 Å². The Morgan fingerprint density at radius 1 is 1.43 bits per heavy atom. The third-order valence-electron chi connectivity index (χ3n) is 2.54. The molecule has 0 atom stereocenters. The van der Waals surface area contributed by atoms with E-state index in [0.717, 1.165) is 6.07 Å². The quantitative estimate of drug-likeness (QED) is 0.711. The van der Waals surface area contributed by atoms with Crippen LogP contribution in [0, 0.1) is 17.7 Å². The molecule has 0 saturated carbocycles. The molecule has 21 heavy (non-hydrogen) atoms. The molecule has 0 radical (unpaired) electrons. The first-order chi connectivity index (χ1) is 10.0. The highest BCUT2D eigenvalue weighted by Gasteiger charge is 2.16. The molecule has 2 rings (SSSR count). The minimum Gasteiger partial charge on any atom is -0.384 e. The van der Waals surface area contributed by atoms with E-state index in [1.807, 2.05) is 0 Å². The van der Waals surface area contributed by atoms with Crippen LogP contribution in [0.15, 0.2) is 35.5 Å². The predicted molar refractivity (Wildman–Crippen MR) is 73.0 cm³/mol. The standard InChI is InChI=1S/C13H12FN3O3S/c14-12-8-11(4-3-10(12)2-1-7-18)21(19,20)17-9-13-15-5-6-16-13/h3-6,8,17-18H,7,9H2,(H,15,16). The van der Waals surface area contributed by atoms with Gasteiger partial charge in [-0.25, -0.2) is 22.5 Å². The van der Waals surface area contributed by atoms with Crippen molar-refractivity contribution in [3.8, 4) is 11.8 Å². The van der Waals surface area contributed by atoms with E-state index < -0.39 is 22.4 Å². The lowest BCUT2D eigenvalue weighted by molar-refractivity contribution is 0.350. The minimum absolute atomic E-state index is 0.0223. The van der Waals surface area contributed by atoms with Crippen LogP contribution in [0.2, 0.25) is 0 Å². The third kappa shape index (κ3) is 3.88. The number of aliphatic hydroxyl groups is 1. The normalized spacial score (nSPS) is 11.0. The molecule has 0 unspecified atom stereocenters. The number of nitrogens with zero attached hydrogens (tertiary/aromatic N) is 1. The summed E-state index contributed by atoms with van der Waals surface area (Å²) >= 11 is 0. The Morgan fingerprint density at radius 2 is 2.24 bits per heavy atom. The summed E-state index contributed by atoms with van der Waals surface area (Å²) in [6.45, 7) is -0.423. The van der Waals surface area contributed by atoms with Crippen LogP contribution in [0.3, 0.4) is 0 Å². The number of nitrogens with one attached hydrogen (secondary N) is 2. The van der Waals surface area contributed by atoms with Crippen molar-refractivity contribution in [3.63, 3.8) is 0 Å². The lowest BCUT2D eigenvalue weighted by Gasteiger charge is -2.06. The van der Waals surface area contributed by atoms with E-state index in [0.29, 0.717) is 5.82 Å². The monoisotopic (exact) mass is 309 g/mol. The second-order valence-corrected chi connectivity index (χ2v) is 5.73. The van der Waals surface area contributed by atoms with Crippen molar-refractivity contribution in [1.29, 1.82) is 0 Å². The van der Waals surface area contributed by atoms with E-state index in [2.05, 4.69) is 26.5 Å². The number of benzene rings is 1. The van der Waals surface area contributed by atoms with E-state index in [9.17, 15) is 12.8 Å². The Morgan fingerprint density at radius 3 is 2.86 bits per heavy atom. The molecule has 0 aliphatic carbocycles. The fourth-order valence-corrected chi connectivity index (χ4v) is 2.54. The van der Waals surface area contributed by atoms with Crippen molar-refractivity contribution in [2.24, 2.45) is 0 Å². The van der Waals surface area contributed by atoms with Gasteiger partial charge < -0.3 is 10.1 Å². The SMILES string of the molecule is O=S(=O)(NCc1ncc[nH]1)c1ccc(C#CCO)c(F)c1. The Kier molecular flexibility index (Phi) is 4.70. The van der Waals surface area contributed by atoms with Crippen molar-refractivity contribution in [1.82, 2.24) is 14.7 Å². The molecule has 0 aliphatic heterocycles. The maximum Gasteiger partial charge on any atom is 0.241 e. The van der Waals surface area contributed by atoms with Crippen molar-refractivity contribution >= 4 is 10.0 Å². The molecule has 0 amide bonds. The molecule has 1 heterocycles. The molecular weight excluding hydrogens is 297 g/mol. The topological polar surface area (TPSA) is 95.1 Å².